The van der Waals surface area contributed by atoms with Crippen molar-refractivity contribution >= 4 is 35.5 Å². The molecule has 0 radical (unpaired) electrons. The fraction of sp³-hybridized carbons (Fsp3) is 0.0238. The van der Waals surface area contributed by atoms with Crippen LogP contribution in [0.3, 0.4) is 0 Å². The summed E-state index contributed by atoms with van der Waals surface area (Å²) in [5.74, 6) is 0. The van der Waals surface area contributed by atoms with E-state index in [1.54, 1.807) is 0 Å². The number of hydrogen-bond acceptors (Lipinski definition) is 0. The minimum absolute atomic E-state index is 1.29. The van der Waals surface area contributed by atoms with Crippen molar-refractivity contribution in [1.82, 2.24) is 0 Å². The number of aryl methyl sites for hydroxylation is 1. The molecule has 8 aromatic rings. The predicted molar refractivity (Wildman–Crippen MR) is 183 cm³/mol. The van der Waals surface area contributed by atoms with Gasteiger partial charge in [-0.25, -0.2) is 0 Å². The third kappa shape index (κ3) is 6.80. The summed E-state index contributed by atoms with van der Waals surface area (Å²) in [7, 11) is 0. The topological polar surface area (TPSA) is 0 Å². The van der Waals surface area contributed by atoms with Gasteiger partial charge in [0.25, 0.3) is 0 Å². The molecule has 0 nitrogen and oxygen atoms in total. The molecular weight excluding hydrogens is 596 g/mol. The van der Waals surface area contributed by atoms with Gasteiger partial charge in [-0.2, -0.15) is 6.07 Å². The first-order valence-corrected chi connectivity index (χ1v) is 15.8. The summed E-state index contributed by atoms with van der Waals surface area (Å²) in [5, 5.41) is 8.08. The van der Waals surface area contributed by atoms with E-state index in [4.69, 9.17) is 0 Å². The van der Waals surface area contributed by atoms with Gasteiger partial charge in [0.05, 0.1) is 0 Å². The molecule has 0 N–H and O–H groups in total. The second-order valence-electron chi connectivity index (χ2n) is 10.6. The van der Waals surface area contributed by atoms with E-state index in [1.807, 2.05) is 0 Å². The Morgan fingerprint density at radius 2 is 0.884 bits per heavy atom. The van der Waals surface area contributed by atoms with Crippen molar-refractivity contribution in [3.63, 3.8) is 0 Å². The predicted octanol–water partition coefficient (Wildman–Crippen LogP) is 11.0. The van der Waals surface area contributed by atoms with Crippen LogP contribution in [0, 0.1) is 6.92 Å². The van der Waals surface area contributed by atoms with E-state index in [2.05, 4.69) is 183 Å². The Bertz CT molecular complexity index is 1990. The number of hydrogen-bond donors (Lipinski definition) is 0. The molecule has 1 heteroatoms. The number of fused-ring (bicyclic) bond motifs is 4. The summed E-state index contributed by atoms with van der Waals surface area (Å²) in [6.45, 7) is 2.15. The second-order valence-corrected chi connectivity index (χ2v) is 11.9. The zero-order valence-electron chi connectivity index (χ0n) is 24.2. The van der Waals surface area contributed by atoms with Crippen LogP contribution in [0.4, 0.5) is 0 Å². The maximum Gasteiger partial charge on any atom is -0.0771 e. The first kappa shape index (κ1) is 28.7. The molecule has 0 atom stereocenters. The molecule has 0 amide bonds. The zero-order valence-corrected chi connectivity index (χ0v) is 26.7. The van der Waals surface area contributed by atoms with Crippen LogP contribution in [0.25, 0.3) is 43.4 Å². The molecule has 204 valence electrons. The Balaban J connectivity index is 0.000000115. The first-order valence-electron chi connectivity index (χ1n) is 14.6. The number of benzene rings is 6. The summed E-state index contributed by atoms with van der Waals surface area (Å²) in [5.41, 5.74) is 6.61. The van der Waals surface area contributed by atoms with Crippen molar-refractivity contribution in [2.24, 2.45) is 0 Å². The van der Waals surface area contributed by atoms with E-state index < -0.39 is 0 Å². The van der Waals surface area contributed by atoms with E-state index in [1.165, 1.54) is 87.6 Å². The van der Waals surface area contributed by atoms with Gasteiger partial charge in [-0.15, -0.1) is 74.3 Å². The summed E-state index contributed by atoms with van der Waals surface area (Å²) in [6.07, 6.45) is 0. The smallest absolute Gasteiger partial charge is 0.0771 e. The van der Waals surface area contributed by atoms with Gasteiger partial charge in [-0.1, -0.05) is 85.3 Å². The Morgan fingerprint density at radius 1 is 0.442 bits per heavy atom. The quantitative estimate of drug-likeness (QED) is 0.171. The Labute approximate surface area is 268 Å². The zero-order chi connectivity index (χ0) is 29.4. The summed E-state index contributed by atoms with van der Waals surface area (Å²) >= 11 is 1.46. The van der Waals surface area contributed by atoms with Crippen molar-refractivity contribution in [2.75, 3.05) is 0 Å². The minimum atomic E-state index is 1.29. The Hall–Kier alpha value is -4.45. The molecule has 0 unspecified atom stereocenters. The summed E-state index contributed by atoms with van der Waals surface area (Å²) in [6, 6.07) is 61.9. The van der Waals surface area contributed by atoms with Crippen LogP contribution >= 0.6 is 0 Å². The molecule has 0 saturated carbocycles. The summed E-state index contributed by atoms with van der Waals surface area (Å²) in [4.78, 5) is 0. The van der Waals surface area contributed by atoms with Crippen LogP contribution in [0.1, 0.15) is 16.7 Å². The van der Waals surface area contributed by atoms with Gasteiger partial charge in [0, 0.05) is 0 Å². The molecule has 0 bridgehead atoms. The van der Waals surface area contributed by atoms with Gasteiger partial charge in [-0.3, -0.25) is 0 Å². The standard InChI is InChI=1S/C16H13.C13H9.C13H10.Zr/c1-12-10-14-8-5-9-15(16(14)11-12)13-6-3-2-4-7-13;1-3-7-12-10(5-1)9-11-6-2-4-8-13(11)12;1-3-7-12(8-4-1)11-13-9-5-2-6-10-13;/h2-11H,1H3;1-9H;1-10H;/q2*-1;;+2. The molecule has 0 spiro atoms. The van der Waals surface area contributed by atoms with Crippen LogP contribution < -0.4 is 0 Å². The second kappa shape index (κ2) is 13.7. The van der Waals surface area contributed by atoms with E-state index in [-0.39, 0.29) is 0 Å². The van der Waals surface area contributed by atoms with E-state index in [0.717, 1.165) is 0 Å². The molecule has 8 rings (SSSR count). The molecule has 0 aliphatic heterocycles. The van der Waals surface area contributed by atoms with Crippen LogP contribution in [0.15, 0.2) is 176 Å². The fourth-order valence-corrected chi connectivity index (χ4v) is 6.35. The van der Waals surface area contributed by atoms with Crippen molar-refractivity contribution in [2.45, 2.75) is 6.92 Å². The van der Waals surface area contributed by atoms with Crippen LogP contribution in [-0.2, 0) is 24.2 Å². The SMILES string of the molecule is Cc1cc2c(-c3ccccc3)cccc2[cH-]1.[Zr+2]=[C](c1ccccc1)c1ccccc1.c1ccc2c(c1)[cH-]c1ccccc12. The van der Waals surface area contributed by atoms with Gasteiger partial charge in [0.15, 0.2) is 0 Å². The van der Waals surface area contributed by atoms with Crippen molar-refractivity contribution in [1.29, 1.82) is 0 Å². The molecule has 43 heavy (non-hydrogen) atoms. The summed E-state index contributed by atoms with van der Waals surface area (Å²) < 4.78 is 1.42. The average molecular weight is 628 g/mol. The largest absolute Gasteiger partial charge is 0.126 e. The van der Waals surface area contributed by atoms with Gasteiger partial charge >= 0.3 is 99.2 Å². The van der Waals surface area contributed by atoms with Crippen LogP contribution in [-0.4, -0.2) is 3.21 Å². The van der Waals surface area contributed by atoms with Gasteiger partial charge < -0.3 is 0 Å². The van der Waals surface area contributed by atoms with Crippen molar-refractivity contribution in [3.05, 3.63) is 193 Å². The molecule has 0 aromatic heterocycles. The van der Waals surface area contributed by atoms with E-state index >= 15 is 0 Å². The fourth-order valence-electron chi connectivity index (χ4n) is 5.53. The Kier molecular flexibility index (Phi) is 9.12. The van der Waals surface area contributed by atoms with E-state index in [9.17, 15) is 0 Å². The van der Waals surface area contributed by atoms with Crippen LogP contribution in [0.5, 0.6) is 0 Å². The van der Waals surface area contributed by atoms with Crippen LogP contribution in [0.2, 0.25) is 0 Å². The van der Waals surface area contributed by atoms with Gasteiger partial charge in [-0.05, 0) is 5.56 Å². The normalized spacial score (nSPS) is 10.6. The van der Waals surface area contributed by atoms with Crippen molar-refractivity contribution < 1.29 is 24.2 Å². The molecule has 0 aliphatic rings. The van der Waals surface area contributed by atoms with Gasteiger partial charge in [0.1, 0.15) is 0 Å². The molecule has 8 aromatic carbocycles. The molecule has 0 heterocycles. The maximum atomic E-state index is 2.26. The molecular formula is C42H32Zr. The maximum absolute atomic E-state index is 2.26. The Morgan fingerprint density at radius 3 is 1.44 bits per heavy atom. The average Bonchev–Trinajstić information content (AvgIpc) is 3.66. The first-order chi connectivity index (χ1) is 21.2. The third-order valence-corrected chi connectivity index (χ3v) is 9.05. The third-order valence-electron chi connectivity index (χ3n) is 7.63. The van der Waals surface area contributed by atoms with Crippen molar-refractivity contribution in [3.8, 4) is 11.1 Å². The molecule has 0 saturated heterocycles. The van der Waals surface area contributed by atoms with E-state index in [0.29, 0.717) is 0 Å². The van der Waals surface area contributed by atoms with Gasteiger partial charge in [0.2, 0.25) is 0 Å². The monoisotopic (exact) mass is 626 g/mol. The number of rotatable bonds is 3. The molecule has 0 aliphatic carbocycles. The minimum Gasteiger partial charge on any atom is -0.126 e. The molecule has 0 fully saturated rings.